The van der Waals surface area contributed by atoms with Gasteiger partial charge in [0.15, 0.2) is 0 Å². The van der Waals surface area contributed by atoms with E-state index in [4.69, 9.17) is 5.41 Å². The second-order valence-corrected chi connectivity index (χ2v) is 2.22. The monoisotopic (exact) mass is 220 g/mol. The van der Waals surface area contributed by atoms with Gasteiger partial charge in [0.05, 0.1) is 0 Å². The lowest BCUT2D eigenvalue weighted by atomic mass is 10.3. The molecule has 0 aromatic rings. The maximum Gasteiger partial charge on any atom is 0.432 e. The molecule has 0 unspecified atom stereocenters. The molecule has 82 valence electrons. The van der Waals surface area contributed by atoms with Crippen molar-refractivity contribution in [2.75, 3.05) is 7.05 Å². The fraction of sp³-hybridized carbons (Fsp3) is 0.500. The first-order chi connectivity index (χ1) is 6.09. The molecular formula is C6H6F6N2. The molecule has 0 fully saturated rings. The number of hydrogen-bond acceptors (Lipinski definition) is 2. The third-order valence-electron chi connectivity index (χ3n) is 1.17. The summed E-state index contributed by atoms with van der Waals surface area (Å²) in [5, 5.41) is 7.85. The van der Waals surface area contributed by atoms with Crippen LogP contribution in [-0.2, 0) is 0 Å². The molecule has 14 heavy (non-hydrogen) atoms. The van der Waals surface area contributed by atoms with E-state index in [9.17, 15) is 26.3 Å². The first-order valence-electron chi connectivity index (χ1n) is 3.21. The molecule has 0 rings (SSSR count). The van der Waals surface area contributed by atoms with Crippen molar-refractivity contribution in [3.05, 3.63) is 11.8 Å². The average Bonchev–Trinajstić information content (AvgIpc) is 1.95. The quantitative estimate of drug-likeness (QED) is 0.543. The van der Waals surface area contributed by atoms with Crippen LogP contribution in [0.5, 0.6) is 0 Å². The molecule has 0 aromatic heterocycles. The Labute approximate surface area is 75.1 Å². The maximum absolute atomic E-state index is 11.9. The SMILES string of the molecule is CN/C(=C\C(=N)C(F)(F)F)C(F)(F)F. The van der Waals surface area contributed by atoms with Crippen molar-refractivity contribution in [3.8, 4) is 0 Å². The lowest BCUT2D eigenvalue weighted by Crippen LogP contribution is -2.27. The molecule has 0 aliphatic heterocycles. The Morgan fingerprint density at radius 1 is 1.07 bits per heavy atom. The summed E-state index contributed by atoms with van der Waals surface area (Å²) in [6.07, 6.45) is -10.3. The Balaban J connectivity index is 4.89. The van der Waals surface area contributed by atoms with E-state index in [1.807, 2.05) is 0 Å². The minimum atomic E-state index is -5.08. The van der Waals surface area contributed by atoms with E-state index in [0.717, 1.165) is 7.05 Å². The van der Waals surface area contributed by atoms with E-state index in [2.05, 4.69) is 0 Å². The first-order valence-corrected chi connectivity index (χ1v) is 3.21. The Hall–Kier alpha value is -1.21. The Kier molecular flexibility index (Phi) is 3.55. The van der Waals surface area contributed by atoms with Crippen molar-refractivity contribution in [1.82, 2.24) is 5.32 Å². The zero-order valence-electron chi connectivity index (χ0n) is 6.85. The molecule has 0 bridgehead atoms. The van der Waals surface area contributed by atoms with Gasteiger partial charge in [-0.25, -0.2) is 0 Å². The van der Waals surface area contributed by atoms with Crippen molar-refractivity contribution < 1.29 is 26.3 Å². The lowest BCUT2D eigenvalue weighted by Gasteiger charge is -2.12. The van der Waals surface area contributed by atoms with Crippen LogP contribution in [0.15, 0.2) is 11.8 Å². The van der Waals surface area contributed by atoms with Gasteiger partial charge in [0, 0.05) is 7.05 Å². The Bertz CT molecular complexity index is 248. The summed E-state index contributed by atoms with van der Waals surface area (Å²) in [4.78, 5) is 0. The van der Waals surface area contributed by atoms with Crippen LogP contribution in [0.25, 0.3) is 0 Å². The predicted molar refractivity (Wildman–Crippen MR) is 37.0 cm³/mol. The van der Waals surface area contributed by atoms with Crippen LogP contribution in [0.4, 0.5) is 26.3 Å². The highest BCUT2D eigenvalue weighted by molar-refractivity contribution is 5.97. The van der Waals surface area contributed by atoms with Gasteiger partial charge in [0.1, 0.15) is 11.4 Å². The van der Waals surface area contributed by atoms with Crippen LogP contribution in [0.3, 0.4) is 0 Å². The van der Waals surface area contributed by atoms with Gasteiger partial charge < -0.3 is 5.32 Å². The van der Waals surface area contributed by atoms with Crippen LogP contribution in [0.2, 0.25) is 0 Å². The van der Waals surface area contributed by atoms with Gasteiger partial charge in [-0.3, -0.25) is 5.41 Å². The van der Waals surface area contributed by atoms with Gasteiger partial charge >= 0.3 is 12.4 Å². The molecule has 0 spiro atoms. The second-order valence-electron chi connectivity index (χ2n) is 2.22. The molecule has 0 saturated carbocycles. The zero-order valence-corrected chi connectivity index (χ0v) is 6.85. The number of hydrogen-bond donors (Lipinski definition) is 2. The predicted octanol–water partition coefficient (Wildman–Crippen LogP) is 2.23. The van der Waals surface area contributed by atoms with Gasteiger partial charge in [0.2, 0.25) is 0 Å². The Morgan fingerprint density at radius 3 is 1.71 bits per heavy atom. The molecule has 0 atom stereocenters. The van der Waals surface area contributed by atoms with E-state index in [1.165, 1.54) is 0 Å². The van der Waals surface area contributed by atoms with Crippen molar-refractivity contribution >= 4 is 5.71 Å². The summed E-state index contributed by atoms with van der Waals surface area (Å²) in [5.41, 5.74) is -3.67. The normalized spacial score (nSPS) is 14.1. The molecule has 0 amide bonds. The molecule has 0 saturated heterocycles. The molecule has 2 N–H and O–H groups in total. The van der Waals surface area contributed by atoms with Gasteiger partial charge in [-0.15, -0.1) is 0 Å². The largest absolute Gasteiger partial charge is 0.432 e. The average molecular weight is 220 g/mol. The summed E-state index contributed by atoms with van der Waals surface area (Å²) in [6.45, 7) is 0. The first kappa shape index (κ1) is 12.8. The minimum absolute atomic E-state index is 0.306. The highest BCUT2D eigenvalue weighted by atomic mass is 19.4. The van der Waals surface area contributed by atoms with Crippen molar-refractivity contribution in [2.45, 2.75) is 12.4 Å². The molecule has 0 aliphatic rings. The number of allylic oxidation sites excluding steroid dienone is 2. The van der Waals surface area contributed by atoms with E-state index in [1.54, 1.807) is 5.32 Å². The van der Waals surface area contributed by atoms with Crippen LogP contribution < -0.4 is 5.32 Å². The van der Waals surface area contributed by atoms with E-state index >= 15 is 0 Å². The highest BCUT2D eigenvalue weighted by Gasteiger charge is 2.38. The third kappa shape index (κ3) is 3.67. The molecule has 0 heterocycles. The van der Waals surface area contributed by atoms with Gasteiger partial charge in [-0.2, -0.15) is 26.3 Å². The van der Waals surface area contributed by atoms with Crippen LogP contribution in [0.1, 0.15) is 0 Å². The molecule has 0 aliphatic carbocycles. The summed E-state index contributed by atoms with van der Waals surface area (Å²) >= 11 is 0. The summed E-state index contributed by atoms with van der Waals surface area (Å²) in [6, 6.07) is 0. The highest BCUT2D eigenvalue weighted by Crippen LogP contribution is 2.25. The van der Waals surface area contributed by atoms with Crippen molar-refractivity contribution in [1.29, 1.82) is 5.41 Å². The van der Waals surface area contributed by atoms with Crippen LogP contribution in [0, 0.1) is 5.41 Å². The van der Waals surface area contributed by atoms with Gasteiger partial charge in [-0.05, 0) is 6.08 Å². The van der Waals surface area contributed by atoms with Crippen LogP contribution >= 0.6 is 0 Å². The smallest absolute Gasteiger partial charge is 0.384 e. The number of rotatable bonds is 2. The fourth-order valence-corrected chi connectivity index (χ4v) is 0.522. The van der Waals surface area contributed by atoms with E-state index in [-0.39, 0.29) is 6.08 Å². The maximum atomic E-state index is 11.9. The van der Waals surface area contributed by atoms with Crippen LogP contribution in [-0.4, -0.2) is 25.1 Å². The van der Waals surface area contributed by atoms with E-state index in [0.29, 0.717) is 0 Å². The summed E-state index contributed by atoms with van der Waals surface area (Å²) in [5.74, 6) is 0. The topological polar surface area (TPSA) is 35.9 Å². The molecule has 0 radical (unpaired) electrons. The lowest BCUT2D eigenvalue weighted by molar-refractivity contribution is -0.0962. The van der Waals surface area contributed by atoms with Gasteiger partial charge in [-0.1, -0.05) is 0 Å². The van der Waals surface area contributed by atoms with Crippen molar-refractivity contribution in [3.63, 3.8) is 0 Å². The molecular weight excluding hydrogens is 214 g/mol. The third-order valence-corrected chi connectivity index (χ3v) is 1.17. The minimum Gasteiger partial charge on any atom is -0.384 e. The summed E-state index contributed by atoms with van der Waals surface area (Å²) < 4.78 is 70.6. The fourth-order valence-electron chi connectivity index (χ4n) is 0.522. The molecule has 0 aromatic carbocycles. The number of halogens is 6. The molecule has 2 nitrogen and oxygen atoms in total. The zero-order chi connectivity index (χ0) is 11.6. The van der Waals surface area contributed by atoms with E-state index < -0.39 is 23.8 Å². The van der Waals surface area contributed by atoms with Crippen molar-refractivity contribution in [2.24, 2.45) is 0 Å². The molecule has 8 heteroatoms. The number of alkyl halides is 6. The van der Waals surface area contributed by atoms with Gasteiger partial charge in [0.25, 0.3) is 0 Å². The number of nitrogens with one attached hydrogen (secondary N) is 2. The standard InChI is InChI=1S/C6H6F6N2/c1-14-4(6(10,11)12)2-3(13)5(7,8)9/h2,13-14H,1H3/b4-2-,13-3?. The summed E-state index contributed by atoms with van der Waals surface area (Å²) in [7, 11) is 0.822. The second kappa shape index (κ2) is 3.89. The Morgan fingerprint density at radius 2 is 1.50 bits per heavy atom.